The van der Waals surface area contributed by atoms with E-state index >= 15 is 0 Å². The highest BCUT2D eigenvalue weighted by molar-refractivity contribution is 7.88. The molecule has 2 atom stereocenters. The van der Waals surface area contributed by atoms with Crippen LogP contribution in [0.1, 0.15) is 19.8 Å². The van der Waals surface area contributed by atoms with Gasteiger partial charge in [0.05, 0.1) is 6.26 Å². The van der Waals surface area contributed by atoms with Crippen molar-refractivity contribution >= 4 is 16.0 Å². The summed E-state index contributed by atoms with van der Waals surface area (Å²) in [5.74, 6) is -1.17. The van der Waals surface area contributed by atoms with Crippen molar-refractivity contribution in [2.75, 3.05) is 12.8 Å². The van der Waals surface area contributed by atoms with Crippen molar-refractivity contribution in [1.82, 2.24) is 4.31 Å². The van der Waals surface area contributed by atoms with E-state index in [0.29, 0.717) is 6.54 Å². The first-order valence-electron chi connectivity index (χ1n) is 4.53. The molecule has 0 radical (unpaired) electrons. The average molecular weight is 221 g/mol. The van der Waals surface area contributed by atoms with Crippen LogP contribution in [-0.2, 0) is 14.8 Å². The van der Waals surface area contributed by atoms with Crippen molar-refractivity contribution in [1.29, 1.82) is 0 Å². The average Bonchev–Trinajstić information content (AvgIpc) is 2.01. The number of hydrogen-bond acceptors (Lipinski definition) is 3. The smallest absolute Gasteiger partial charge is 0.322 e. The first-order valence-corrected chi connectivity index (χ1v) is 6.38. The van der Waals surface area contributed by atoms with Crippen LogP contribution in [0.15, 0.2) is 0 Å². The molecule has 1 rings (SSSR count). The molecule has 0 aromatic rings. The normalized spacial score (nSPS) is 30.1. The molecule has 2 unspecified atom stereocenters. The lowest BCUT2D eigenvalue weighted by atomic mass is 9.93. The maximum absolute atomic E-state index is 11.3. The van der Waals surface area contributed by atoms with Crippen molar-refractivity contribution in [2.24, 2.45) is 5.92 Å². The molecule has 1 aliphatic rings. The maximum atomic E-state index is 11.3. The molecular weight excluding hydrogens is 206 g/mol. The van der Waals surface area contributed by atoms with E-state index in [-0.39, 0.29) is 5.92 Å². The Kier molecular flexibility index (Phi) is 3.16. The van der Waals surface area contributed by atoms with Crippen LogP contribution in [0.5, 0.6) is 0 Å². The molecule has 0 aromatic heterocycles. The van der Waals surface area contributed by atoms with E-state index in [1.807, 2.05) is 0 Å². The predicted molar refractivity (Wildman–Crippen MR) is 51.4 cm³/mol. The molecule has 1 N–H and O–H groups in total. The molecule has 1 heterocycles. The second kappa shape index (κ2) is 3.86. The molecule has 0 amide bonds. The largest absolute Gasteiger partial charge is 0.480 e. The van der Waals surface area contributed by atoms with Gasteiger partial charge in [-0.05, 0) is 18.8 Å². The van der Waals surface area contributed by atoms with Crippen molar-refractivity contribution in [3.8, 4) is 0 Å². The van der Waals surface area contributed by atoms with Gasteiger partial charge in [-0.1, -0.05) is 6.92 Å². The van der Waals surface area contributed by atoms with Gasteiger partial charge in [-0.2, -0.15) is 4.31 Å². The second-order valence-electron chi connectivity index (χ2n) is 3.78. The summed E-state index contributed by atoms with van der Waals surface area (Å²) in [6, 6.07) is -0.890. The topological polar surface area (TPSA) is 74.7 Å². The summed E-state index contributed by atoms with van der Waals surface area (Å²) in [6.45, 7) is 2.09. The van der Waals surface area contributed by atoms with E-state index in [0.717, 1.165) is 23.4 Å². The highest BCUT2D eigenvalue weighted by Gasteiger charge is 2.38. The zero-order chi connectivity index (χ0) is 10.9. The van der Waals surface area contributed by atoms with Gasteiger partial charge < -0.3 is 5.11 Å². The van der Waals surface area contributed by atoms with Crippen molar-refractivity contribution < 1.29 is 18.3 Å². The van der Waals surface area contributed by atoms with Crippen molar-refractivity contribution in [2.45, 2.75) is 25.8 Å². The van der Waals surface area contributed by atoms with Crippen LogP contribution >= 0.6 is 0 Å². The first-order chi connectivity index (χ1) is 6.34. The van der Waals surface area contributed by atoms with E-state index in [9.17, 15) is 13.2 Å². The third-order valence-electron chi connectivity index (χ3n) is 2.57. The first kappa shape index (κ1) is 11.5. The maximum Gasteiger partial charge on any atom is 0.322 e. The van der Waals surface area contributed by atoms with Crippen LogP contribution in [-0.4, -0.2) is 42.6 Å². The SMILES string of the molecule is CC1CCCN(S(C)(=O)=O)C1C(=O)O. The molecule has 0 bridgehead atoms. The third kappa shape index (κ3) is 2.24. The van der Waals surface area contributed by atoms with Gasteiger partial charge in [0.2, 0.25) is 10.0 Å². The highest BCUT2D eigenvalue weighted by Crippen LogP contribution is 2.25. The molecule has 82 valence electrons. The Hall–Kier alpha value is -0.620. The molecule has 5 nitrogen and oxygen atoms in total. The lowest BCUT2D eigenvalue weighted by Gasteiger charge is -2.35. The number of sulfonamides is 1. The molecule has 0 aliphatic carbocycles. The van der Waals surface area contributed by atoms with Gasteiger partial charge in [-0.25, -0.2) is 8.42 Å². The summed E-state index contributed by atoms with van der Waals surface area (Å²) in [6.07, 6.45) is 2.56. The molecule has 14 heavy (non-hydrogen) atoms. The third-order valence-corrected chi connectivity index (χ3v) is 3.83. The van der Waals surface area contributed by atoms with E-state index in [1.54, 1.807) is 6.92 Å². The summed E-state index contributed by atoms with van der Waals surface area (Å²) in [7, 11) is -3.40. The molecule has 0 spiro atoms. The fourth-order valence-corrected chi connectivity index (χ4v) is 3.06. The van der Waals surface area contributed by atoms with Gasteiger partial charge in [0.25, 0.3) is 0 Å². The van der Waals surface area contributed by atoms with Gasteiger partial charge in [0, 0.05) is 6.54 Å². The van der Waals surface area contributed by atoms with Crippen LogP contribution < -0.4 is 0 Å². The van der Waals surface area contributed by atoms with E-state index in [2.05, 4.69) is 0 Å². The van der Waals surface area contributed by atoms with E-state index < -0.39 is 22.0 Å². The lowest BCUT2D eigenvalue weighted by Crippen LogP contribution is -2.51. The van der Waals surface area contributed by atoms with Gasteiger partial charge in [-0.3, -0.25) is 4.79 Å². The van der Waals surface area contributed by atoms with Gasteiger partial charge in [0.15, 0.2) is 0 Å². The van der Waals surface area contributed by atoms with Crippen molar-refractivity contribution in [3.63, 3.8) is 0 Å². The molecule has 0 saturated carbocycles. The van der Waals surface area contributed by atoms with E-state index in [4.69, 9.17) is 5.11 Å². The minimum atomic E-state index is -3.40. The Balaban J connectivity index is 2.97. The van der Waals surface area contributed by atoms with Crippen LogP contribution in [0.3, 0.4) is 0 Å². The summed E-state index contributed by atoms with van der Waals surface area (Å²) in [5, 5.41) is 8.94. The Morgan fingerprint density at radius 1 is 1.50 bits per heavy atom. The number of carbonyl (C=O) groups is 1. The van der Waals surface area contributed by atoms with Crippen LogP contribution in [0.4, 0.5) is 0 Å². The quantitative estimate of drug-likeness (QED) is 0.719. The Morgan fingerprint density at radius 2 is 2.07 bits per heavy atom. The molecule has 1 saturated heterocycles. The lowest BCUT2D eigenvalue weighted by molar-refractivity contribution is -0.144. The highest BCUT2D eigenvalue weighted by atomic mass is 32.2. The minimum Gasteiger partial charge on any atom is -0.480 e. The summed E-state index contributed by atoms with van der Waals surface area (Å²) in [5.41, 5.74) is 0. The summed E-state index contributed by atoms with van der Waals surface area (Å²) < 4.78 is 23.7. The number of hydrogen-bond donors (Lipinski definition) is 1. The fourth-order valence-electron chi connectivity index (χ4n) is 1.89. The standard InChI is InChI=1S/C8H15NO4S/c1-6-4-3-5-9(14(2,12)13)7(6)8(10)11/h6-7H,3-5H2,1-2H3,(H,10,11). The number of aliphatic carboxylic acids is 1. The molecule has 0 aromatic carbocycles. The second-order valence-corrected chi connectivity index (χ2v) is 5.71. The van der Waals surface area contributed by atoms with Crippen LogP contribution in [0, 0.1) is 5.92 Å². The summed E-state index contributed by atoms with van der Waals surface area (Å²) >= 11 is 0. The Bertz CT molecular complexity index is 324. The Morgan fingerprint density at radius 3 is 2.43 bits per heavy atom. The van der Waals surface area contributed by atoms with Crippen molar-refractivity contribution in [3.05, 3.63) is 0 Å². The van der Waals surface area contributed by atoms with E-state index in [1.165, 1.54) is 0 Å². The van der Waals surface area contributed by atoms with Gasteiger partial charge in [0.1, 0.15) is 6.04 Å². The fraction of sp³-hybridized carbons (Fsp3) is 0.875. The molecule has 1 aliphatic heterocycles. The number of nitrogens with zero attached hydrogens (tertiary/aromatic N) is 1. The monoisotopic (exact) mass is 221 g/mol. The number of carboxylic acids is 1. The van der Waals surface area contributed by atoms with Gasteiger partial charge in [-0.15, -0.1) is 0 Å². The zero-order valence-electron chi connectivity index (χ0n) is 8.30. The van der Waals surface area contributed by atoms with Crippen LogP contribution in [0.2, 0.25) is 0 Å². The molecular formula is C8H15NO4S. The molecule has 1 fully saturated rings. The Labute approximate surface area is 83.8 Å². The number of piperidine rings is 1. The predicted octanol–water partition coefficient (Wildman–Crippen LogP) is 0.131. The molecule has 6 heteroatoms. The summed E-state index contributed by atoms with van der Waals surface area (Å²) in [4.78, 5) is 10.9. The van der Waals surface area contributed by atoms with Gasteiger partial charge >= 0.3 is 5.97 Å². The number of rotatable bonds is 2. The zero-order valence-corrected chi connectivity index (χ0v) is 9.12. The van der Waals surface area contributed by atoms with Crippen LogP contribution in [0.25, 0.3) is 0 Å². The minimum absolute atomic E-state index is 0.115. The number of carboxylic acid groups (broad SMARTS) is 1.